The number of hydrogen-bond acceptors (Lipinski definition) is 4. The molecule has 5 N–H and O–H groups in total. The van der Waals surface area contributed by atoms with Crippen molar-refractivity contribution in [1.82, 2.24) is 0 Å². The Bertz CT molecular complexity index is 982. The Balaban J connectivity index is 1.85. The first-order chi connectivity index (χ1) is 11.8. The van der Waals surface area contributed by atoms with Crippen molar-refractivity contribution in [1.29, 1.82) is 0 Å². The normalized spacial score (nSPS) is 12.7. The lowest BCUT2D eigenvalue weighted by Crippen LogP contribution is -2.11. The fraction of sp³-hybridized carbons (Fsp3) is 0.0526. The van der Waals surface area contributed by atoms with Crippen LogP contribution in [0.5, 0.6) is 0 Å². The number of aliphatic hydroxyl groups is 1. The van der Waals surface area contributed by atoms with E-state index in [2.05, 4.69) is 0 Å². The molecule has 0 amide bonds. The molecule has 25 heavy (non-hydrogen) atoms. The van der Waals surface area contributed by atoms with Crippen LogP contribution in [0, 0.1) is 0 Å². The molecule has 3 aromatic carbocycles. The lowest BCUT2D eigenvalue weighted by molar-refractivity contribution is 0.220. The maximum absolute atomic E-state index is 11.3. The van der Waals surface area contributed by atoms with Crippen molar-refractivity contribution in [2.24, 2.45) is 5.14 Å². The van der Waals surface area contributed by atoms with Gasteiger partial charge in [0.05, 0.1) is 4.90 Å². The Hall–Kier alpha value is -2.67. The van der Waals surface area contributed by atoms with E-state index < -0.39 is 16.1 Å². The maximum Gasteiger partial charge on any atom is 0.238 e. The summed E-state index contributed by atoms with van der Waals surface area (Å²) in [5, 5.41) is 15.6. The lowest BCUT2D eigenvalue weighted by atomic mass is 9.98. The van der Waals surface area contributed by atoms with Gasteiger partial charge in [0.15, 0.2) is 0 Å². The van der Waals surface area contributed by atoms with Crippen LogP contribution in [0.15, 0.2) is 77.7 Å². The Kier molecular flexibility index (Phi) is 4.59. The fourth-order valence-electron chi connectivity index (χ4n) is 2.62. The second-order valence-corrected chi connectivity index (χ2v) is 7.33. The van der Waals surface area contributed by atoms with E-state index in [1.54, 1.807) is 30.3 Å². The number of nitrogen functional groups attached to an aromatic ring is 1. The molecule has 0 saturated carbocycles. The summed E-state index contributed by atoms with van der Waals surface area (Å²) in [5.74, 6) is 0. The monoisotopic (exact) mass is 354 g/mol. The number of benzene rings is 3. The van der Waals surface area contributed by atoms with Gasteiger partial charge in [-0.3, -0.25) is 0 Å². The van der Waals surface area contributed by atoms with Gasteiger partial charge in [-0.15, -0.1) is 0 Å². The quantitative estimate of drug-likeness (QED) is 0.626. The summed E-state index contributed by atoms with van der Waals surface area (Å²) in [7, 11) is -3.70. The van der Waals surface area contributed by atoms with Crippen LogP contribution in [-0.2, 0) is 10.0 Å². The van der Waals surface area contributed by atoms with E-state index in [9.17, 15) is 13.5 Å². The molecular weight excluding hydrogens is 336 g/mol. The number of rotatable bonds is 4. The van der Waals surface area contributed by atoms with E-state index in [4.69, 9.17) is 10.9 Å². The predicted molar refractivity (Wildman–Crippen MR) is 98.2 cm³/mol. The molecule has 0 aliphatic carbocycles. The SMILES string of the molecule is Nc1cccc(C(O)c2ccc(-c3ccc(S(N)(=O)=O)cc3)cc2)c1. The van der Waals surface area contributed by atoms with Crippen LogP contribution >= 0.6 is 0 Å². The van der Waals surface area contributed by atoms with Crippen LogP contribution < -0.4 is 10.9 Å². The third-order valence-corrected chi connectivity index (χ3v) is 4.90. The van der Waals surface area contributed by atoms with E-state index in [0.29, 0.717) is 5.69 Å². The average Bonchev–Trinajstić information content (AvgIpc) is 2.61. The zero-order chi connectivity index (χ0) is 18.0. The number of hydrogen-bond donors (Lipinski definition) is 3. The molecule has 0 radical (unpaired) electrons. The van der Waals surface area contributed by atoms with Gasteiger partial charge in [-0.2, -0.15) is 0 Å². The van der Waals surface area contributed by atoms with E-state index in [-0.39, 0.29) is 4.90 Å². The molecule has 0 aliphatic heterocycles. The minimum absolute atomic E-state index is 0.0740. The zero-order valence-corrected chi connectivity index (χ0v) is 14.1. The Labute approximate surface area is 146 Å². The summed E-state index contributed by atoms with van der Waals surface area (Å²) >= 11 is 0. The molecule has 3 rings (SSSR count). The van der Waals surface area contributed by atoms with Crippen LogP contribution in [0.2, 0.25) is 0 Å². The molecule has 3 aromatic rings. The highest BCUT2D eigenvalue weighted by atomic mass is 32.2. The summed E-state index contributed by atoms with van der Waals surface area (Å²) < 4.78 is 22.6. The Morgan fingerprint density at radius 3 is 1.88 bits per heavy atom. The van der Waals surface area contributed by atoms with Gasteiger partial charge in [0, 0.05) is 5.69 Å². The van der Waals surface area contributed by atoms with Gasteiger partial charge in [0.2, 0.25) is 10.0 Å². The van der Waals surface area contributed by atoms with Gasteiger partial charge < -0.3 is 10.8 Å². The number of aliphatic hydroxyl groups excluding tert-OH is 1. The Morgan fingerprint density at radius 1 is 0.800 bits per heavy atom. The van der Waals surface area contributed by atoms with Gasteiger partial charge in [-0.25, -0.2) is 13.6 Å². The zero-order valence-electron chi connectivity index (χ0n) is 13.3. The highest BCUT2D eigenvalue weighted by Gasteiger charge is 2.11. The smallest absolute Gasteiger partial charge is 0.238 e. The van der Waals surface area contributed by atoms with Crippen LogP contribution in [-0.4, -0.2) is 13.5 Å². The molecule has 0 saturated heterocycles. The number of anilines is 1. The molecule has 0 bridgehead atoms. The molecule has 0 heterocycles. The van der Waals surface area contributed by atoms with Crippen molar-refractivity contribution >= 4 is 15.7 Å². The van der Waals surface area contributed by atoms with Gasteiger partial charge in [-0.1, -0.05) is 48.5 Å². The summed E-state index contributed by atoms with van der Waals surface area (Å²) in [6.07, 6.45) is -0.762. The molecule has 0 aliphatic rings. The van der Waals surface area contributed by atoms with Crippen LogP contribution in [0.1, 0.15) is 17.2 Å². The van der Waals surface area contributed by atoms with Crippen LogP contribution in [0.25, 0.3) is 11.1 Å². The third kappa shape index (κ3) is 3.88. The topological polar surface area (TPSA) is 106 Å². The molecule has 1 unspecified atom stereocenters. The first kappa shape index (κ1) is 17.2. The largest absolute Gasteiger partial charge is 0.399 e. The molecular formula is C19H18N2O3S. The molecule has 0 spiro atoms. The summed E-state index contributed by atoms with van der Waals surface area (Å²) in [4.78, 5) is 0.0740. The van der Waals surface area contributed by atoms with Crippen molar-refractivity contribution in [3.63, 3.8) is 0 Å². The minimum Gasteiger partial charge on any atom is -0.399 e. The first-order valence-corrected chi connectivity index (χ1v) is 9.16. The van der Waals surface area contributed by atoms with Crippen molar-refractivity contribution in [2.75, 3.05) is 5.73 Å². The number of nitrogens with two attached hydrogens (primary N) is 2. The number of primary sulfonamides is 1. The maximum atomic E-state index is 11.3. The molecule has 0 aromatic heterocycles. The van der Waals surface area contributed by atoms with E-state index in [0.717, 1.165) is 22.3 Å². The van der Waals surface area contributed by atoms with Gasteiger partial charge in [0.1, 0.15) is 6.10 Å². The molecule has 5 nitrogen and oxygen atoms in total. The second kappa shape index (κ2) is 6.68. The van der Waals surface area contributed by atoms with E-state index in [1.165, 1.54) is 12.1 Å². The molecule has 6 heteroatoms. The lowest BCUT2D eigenvalue weighted by Gasteiger charge is -2.13. The van der Waals surface area contributed by atoms with E-state index >= 15 is 0 Å². The summed E-state index contributed by atoms with van der Waals surface area (Å²) in [5.41, 5.74) is 9.59. The van der Waals surface area contributed by atoms with Gasteiger partial charge in [-0.05, 0) is 46.5 Å². The molecule has 128 valence electrons. The van der Waals surface area contributed by atoms with Gasteiger partial charge >= 0.3 is 0 Å². The van der Waals surface area contributed by atoms with Crippen LogP contribution in [0.4, 0.5) is 5.69 Å². The van der Waals surface area contributed by atoms with Crippen molar-refractivity contribution < 1.29 is 13.5 Å². The van der Waals surface area contributed by atoms with Crippen LogP contribution in [0.3, 0.4) is 0 Å². The summed E-state index contributed by atoms with van der Waals surface area (Å²) in [6.45, 7) is 0. The number of sulfonamides is 1. The second-order valence-electron chi connectivity index (χ2n) is 5.76. The average molecular weight is 354 g/mol. The fourth-order valence-corrected chi connectivity index (χ4v) is 3.13. The van der Waals surface area contributed by atoms with Crippen molar-refractivity contribution in [3.8, 4) is 11.1 Å². The van der Waals surface area contributed by atoms with Crippen molar-refractivity contribution in [3.05, 3.63) is 83.9 Å². The standard InChI is InChI=1S/C19H18N2O3S/c20-17-3-1-2-16(12-17)19(22)15-6-4-13(5-7-15)14-8-10-18(11-9-14)25(21,23)24/h1-12,19,22H,20H2,(H2,21,23,24). The minimum atomic E-state index is -3.70. The molecule has 1 atom stereocenters. The van der Waals surface area contributed by atoms with Crippen molar-refractivity contribution in [2.45, 2.75) is 11.0 Å². The Morgan fingerprint density at radius 2 is 1.36 bits per heavy atom. The van der Waals surface area contributed by atoms with Gasteiger partial charge in [0.25, 0.3) is 0 Å². The first-order valence-electron chi connectivity index (χ1n) is 7.61. The molecule has 0 fully saturated rings. The highest BCUT2D eigenvalue weighted by molar-refractivity contribution is 7.89. The van der Waals surface area contributed by atoms with E-state index in [1.807, 2.05) is 30.3 Å². The summed E-state index contributed by atoms with van der Waals surface area (Å²) in [6, 6.07) is 20.9. The highest BCUT2D eigenvalue weighted by Crippen LogP contribution is 2.27. The third-order valence-electron chi connectivity index (χ3n) is 3.97. The predicted octanol–water partition coefficient (Wildman–Crippen LogP) is 2.66.